The van der Waals surface area contributed by atoms with Gasteiger partial charge < -0.3 is 20.4 Å². The van der Waals surface area contributed by atoms with Gasteiger partial charge in [0.15, 0.2) is 5.69 Å². The van der Waals surface area contributed by atoms with E-state index in [1.54, 1.807) is 67.7 Å². The molecule has 2 aromatic heterocycles. The molecule has 0 bridgehead atoms. The van der Waals surface area contributed by atoms with Crippen LogP contribution in [0, 0.1) is 0 Å². The minimum absolute atomic E-state index is 0.0720. The number of para-hydroxylation sites is 1. The van der Waals surface area contributed by atoms with Crippen LogP contribution in [0.1, 0.15) is 27.8 Å². The first kappa shape index (κ1) is 22.5. The number of hydrogen-bond acceptors (Lipinski definition) is 6. The van der Waals surface area contributed by atoms with E-state index in [0.29, 0.717) is 22.3 Å². The predicted molar refractivity (Wildman–Crippen MR) is 125 cm³/mol. The van der Waals surface area contributed by atoms with Gasteiger partial charge in [-0.15, -0.1) is 0 Å². The number of nitrogens with one attached hydrogen (secondary N) is 3. The number of nitrogens with zero attached hydrogens (tertiary/aromatic N) is 2. The Hall–Kier alpha value is -4.73. The van der Waals surface area contributed by atoms with E-state index < -0.39 is 23.2 Å². The summed E-state index contributed by atoms with van der Waals surface area (Å²) in [6.45, 7) is 1.67. The van der Waals surface area contributed by atoms with Crippen molar-refractivity contribution < 1.29 is 19.1 Å². The summed E-state index contributed by atoms with van der Waals surface area (Å²) in [5.41, 5.74) is 1.52. The highest BCUT2D eigenvalue weighted by Crippen LogP contribution is 2.14. The maximum Gasteiger partial charge on any atom is 0.358 e. The summed E-state index contributed by atoms with van der Waals surface area (Å²) in [5, 5.41) is 9.69. The Labute approximate surface area is 193 Å². The fraction of sp³-hybridized carbons (Fsp3) is 0.125. The number of fused-ring (bicyclic) bond motifs is 1. The van der Waals surface area contributed by atoms with Crippen molar-refractivity contribution in [2.75, 3.05) is 18.5 Å². The van der Waals surface area contributed by atoms with Crippen molar-refractivity contribution in [1.29, 1.82) is 0 Å². The summed E-state index contributed by atoms with van der Waals surface area (Å²) >= 11 is 0. The number of amides is 2. The lowest BCUT2D eigenvalue weighted by Gasteiger charge is -2.08. The number of aromatic amines is 1. The average Bonchev–Trinajstić information content (AvgIpc) is 3.34. The molecule has 2 heterocycles. The number of carbonyl (C=O) groups is 3. The zero-order chi connectivity index (χ0) is 24.1. The van der Waals surface area contributed by atoms with Crippen LogP contribution in [0.4, 0.5) is 5.69 Å². The molecule has 0 atom stereocenters. The second-order valence-electron chi connectivity index (χ2n) is 7.22. The number of rotatable bonds is 7. The van der Waals surface area contributed by atoms with Crippen LogP contribution in [-0.2, 0) is 9.53 Å². The van der Waals surface area contributed by atoms with E-state index in [9.17, 15) is 19.2 Å². The minimum Gasteiger partial charge on any atom is -0.461 e. The first-order chi connectivity index (χ1) is 16.5. The van der Waals surface area contributed by atoms with E-state index in [-0.39, 0.29) is 24.4 Å². The lowest BCUT2D eigenvalue weighted by molar-refractivity contribution is -0.115. The smallest absolute Gasteiger partial charge is 0.358 e. The molecule has 0 spiro atoms. The Kier molecular flexibility index (Phi) is 6.49. The second-order valence-corrected chi connectivity index (χ2v) is 7.22. The van der Waals surface area contributed by atoms with Gasteiger partial charge in [-0.25, -0.2) is 9.48 Å². The van der Waals surface area contributed by atoms with Crippen LogP contribution in [0.3, 0.4) is 0 Å². The predicted octanol–water partition coefficient (Wildman–Crippen LogP) is 2.26. The number of pyridine rings is 1. The van der Waals surface area contributed by atoms with Crippen LogP contribution in [0.5, 0.6) is 0 Å². The van der Waals surface area contributed by atoms with Gasteiger partial charge in [0.05, 0.1) is 18.8 Å². The standard InChI is InChI=1S/C24H21N5O5/c1-2-34-24(33)20-11-12-29(28-20)16-9-7-15(8-10-16)27-21(30)14-26-23(32)18-13-25-19-6-4-3-5-17(19)22(18)31/h3-13H,2,14H2,1H3,(H,25,31)(H,26,32)(H,27,30). The molecule has 3 N–H and O–H groups in total. The number of carbonyl (C=O) groups excluding carboxylic acids is 3. The molecular formula is C24H21N5O5. The van der Waals surface area contributed by atoms with Gasteiger partial charge in [-0.3, -0.25) is 14.4 Å². The molecule has 4 rings (SSSR count). The van der Waals surface area contributed by atoms with Crippen molar-refractivity contribution in [1.82, 2.24) is 20.1 Å². The number of benzene rings is 2. The molecule has 0 saturated heterocycles. The third-order valence-corrected chi connectivity index (χ3v) is 4.93. The van der Waals surface area contributed by atoms with Gasteiger partial charge in [0, 0.05) is 29.0 Å². The van der Waals surface area contributed by atoms with Crippen LogP contribution in [-0.4, -0.2) is 45.7 Å². The molecule has 0 aliphatic heterocycles. The first-order valence-corrected chi connectivity index (χ1v) is 10.5. The molecule has 4 aromatic rings. The largest absolute Gasteiger partial charge is 0.461 e. The fourth-order valence-corrected chi connectivity index (χ4v) is 3.28. The monoisotopic (exact) mass is 459 g/mol. The Morgan fingerprint density at radius 1 is 1.06 bits per heavy atom. The lowest BCUT2D eigenvalue weighted by Crippen LogP contribution is -2.35. The molecule has 10 nitrogen and oxygen atoms in total. The molecule has 0 fully saturated rings. The van der Waals surface area contributed by atoms with Gasteiger partial charge in [-0.1, -0.05) is 12.1 Å². The number of esters is 1. The van der Waals surface area contributed by atoms with Gasteiger partial charge in [0.2, 0.25) is 11.3 Å². The maximum absolute atomic E-state index is 12.5. The fourth-order valence-electron chi connectivity index (χ4n) is 3.28. The summed E-state index contributed by atoms with van der Waals surface area (Å²) in [5.74, 6) is -1.60. The Balaban J connectivity index is 1.35. The van der Waals surface area contributed by atoms with Crippen LogP contribution < -0.4 is 16.1 Å². The molecule has 172 valence electrons. The molecule has 0 radical (unpaired) electrons. The molecule has 2 aromatic carbocycles. The number of anilines is 1. The number of aromatic nitrogens is 3. The number of ether oxygens (including phenoxy) is 1. The van der Waals surface area contributed by atoms with Crippen molar-refractivity contribution in [2.45, 2.75) is 6.92 Å². The maximum atomic E-state index is 12.5. The normalized spacial score (nSPS) is 10.6. The topological polar surface area (TPSA) is 135 Å². The van der Waals surface area contributed by atoms with E-state index in [1.807, 2.05) is 0 Å². The molecule has 2 amide bonds. The SMILES string of the molecule is CCOC(=O)c1ccn(-c2ccc(NC(=O)CNC(=O)c3c[nH]c4ccccc4c3=O)cc2)n1. The van der Waals surface area contributed by atoms with Crippen molar-refractivity contribution in [3.8, 4) is 5.69 Å². The van der Waals surface area contributed by atoms with Gasteiger partial charge in [0.25, 0.3) is 5.91 Å². The molecule has 34 heavy (non-hydrogen) atoms. The summed E-state index contributed by atoms with van der Waals surface area (Å²) in [6, 6.07) is 15.2. The van der Waals surface area contributed by atoms with Crippen LogP contribution in [0.15, 0.2) is 71.8 Å². The third kappa shape index (κ3) is 4.85. The van der Waals surface area contributed by atoms with Crippen molar-refractivity contribution in [2.24, 2.45) is 0 Å². The third-order valence-electron chi connectivity index (χ3n) is 4.93. The van der Waals surface area contributed by atoms with E-state index >= 15 is 0 Å². The average molecular weight is 459 g/mol. The number of H-pyrrole nitrogens is 1. The van der Waals surface area contributed by atoms with Gasteiger partial charge >= 0.3 is 5.97 Å². The highest BCUT2D eigenvalue weighted by atomic mass is 16.5. The van der Waals surface area contributed by atoms with E-state index in [2.05, 4.69) is 20.7 Å². The van der Waals surface area contributed by atoms with Crippen LogP contribution >= 0.6 is 0 Å². The van der Waals surface area contributed by atoms with Gasteiger partial charge in [-0.05, 0) is 49.4 Å². The zero-order valence-corrected chi connectivity index (χ0v) is 18.2. The lowest BCUT2D eigenvalue weighted by atomic mass is 10.1. The van der Waals surface area contributed by atoms with Crippen LogP contribution in [0.25, 0.3) is 16.6 Å². The summed E-state index contributed by atoms with van der Waals surface area (Å²) in [6.07, 6.45) is 2.96. The summed E-state index contributed by atoms with van der Waals surface area (Å²) < 4.78 is 6.44. The Bertz CT molecular complexity index is 1420. The van der Waals surface area contributed by atoms with Crippen molar-refractivity contribution in [3.05, 3.63) is 88.5 Å². The van der Waals surface area contributed by atoms with E-state index in [0.717, 1.165) is 0 Å². The van der Waals surface area contributed by atoms with Gasteiger partial charge in [-0.2, -0.15) is 5.10 Å². The molecule has 0 saturated carbocycles. The zero-order valence-electron chi connectivity index (χ0n) is 18.2. The Morgan fingerprint density at radius 3 is 2.59 bits per heavy atom. The van der Waals surface area contributed by atoms with Crippen molar-refractivity contribution in [3.63, 3.8) is 0 Å². The van der Waals surface area contributed by atoms with Crippen LogP contribution in [0.2, 0.25) is 0 Å². The molecule has 10 heteroatoms. The molecule has 0 aliphatic carbocycles. The highest BCUT2D eigenvalue weighted by Gasteiger charge is 2.14. The first-order valence-electron chi connectivity index (χ1n) is 10.5. The molecule has 0 unspecified atom stereocenters. The quantitative estimate of drug-likeness (QED) is 0.363. The minimum atomic E-state index is -0.645. The van der Waals surface area contributed by atoms with Gasteiger partial charge in [0.1, 0.15) is 5.56 Å². The van der Waals surface area contributed by atoms with Crippen molar-refractivity contribution >= 4 is 34.4 Å². The molecular weight excluding hydrogens is 438 g/mol. The number of hydrogen-bond donors (Lipinski definition) is 3. The summed E-state index contributed by atoms with van der Waals surface area (Å²) in [4.78, 5) is 51.8. The highest BCUT2D eigenvalue weighted by molar-refractivity contribution is 6.00. The Morgan fingerprint density at radius 2 is 1.82 bits per heavy atom. The summed E-state index contributed by atoms with van der Waals surface area (Å²) in [7, 11) is 0. The second kappa shape index (κ2) is 9.82. The molecule has 0 aliphatic rings. The van der Waals surface area contributed by atoms with E-state index in [4.69, 9.17) is 4.74 Å². The van der Waals surface area contributed by atoms with E-state index in [1.165, 1.54) is 10.9 Å².